The molecule has 1 fully saturated rings. The predicted molar refractivity (Wildman–Crippen MR) is 97.8 cm³/mol. The maximum atomic E-state index is 12.9. The number of carbonyl (C=O) groups is 1. The van der Waals surface area contributed by atoms with Crippen LogP contribution in [-0.2, 0) is 10.9 Å². The number of carbonyl (C=O) groups excluding carboxylic acids is 1. The van der Waals surface area contributed by atoms with Gasteiger partial charge in [0.15, 0.2) is 0 Å². The molecule has 0 N–H and O–H groups in total. The van der Waals surface area contributed by atoms with E-state index in [-0.39, 0.29) is 12.0 Å². The monoisotopic (exact) mass is 398 g/mol. The fourth-order valence-electron chi connectivity index (χ4n) is 3.05. The molecule has 4 nitrogen and oxygen atoms in total. The van der Waals surface area contributed by atoms with Crippen molar-refractivity contribution in [2.24, 2.45) is 0 Å². The summed E-state index contributed by atoms with van der Waals surface area (Å²) in [6.45, 7) is 5.50. The average Bonchev–Trinajstić information content (AvgIpc) is 3.28. The molecule has 1 unspecified atom stereocenters. The van der Waals surface area contributed by atoms with Crippen molar-refractivity contribution in [2.75, 3.05) is 19.7 Å². The van der Waals surface area contributed by atoms with Gasteiger partial charge in [0, 0.05) is 25.3 Å². The zero-order valence-electron chi connectivity index (χ0n) is 15.2. The molecule has 27 heavy (non-hydrogen) atoms. The van der Waals surface area contributed by atoms with Crippen LogP contribution >= 0.6 is 11.3 Å². The fourth-order valence-corrected chi connectivity index (χ4v) is 4.09. The summed E-state index contributed by atoms with van der Waals surface area (Å²) < 4.78 is 43.8. The van der Waals surface area contributed by atoms with Gasteiger partial charge in [0.25, 0.3) is 5.91 Å². The lowest BCUT2D eigenvalue weighted by Crippen LogP contribution is -2.37. The first kappa shape index (κ1) is 19.8. The third kappa shape index (κ3) is 4.50. The van der Waals surface area contributed by atoms with Crippen LogP contribution in [0.1, 0.15) is 40.7 Å². The summed E-state index contributed by atoms with van der Waals surface area (Å²) in [6.07, 6.45) is -2.35. The van der Waals surface area contributed by atoms with Gasteiger partial charge in [-0.05, 0) is 38.8 Å². The van der Waals surface area contributed by atoms with Crippen molar-refractivity contribution in [3.8, 4) is 10.6 Å². The van der Waals surface area contributed by atoms with Crippen molar-refractivity contribution >= 4 is 17.2 Å². The van der Waals surface area contributed by atoms with Crippen LogP contribution in [0, 0.1) is 6.92 Å². The number of alkyl halides is 3. The molecule has 1 aliphatic heterocycles. The number of hydrogen-bond donors (Lipinski definition) is 0. The second-order valence-electron chi connectivity index (χ2n) is 6.49. The Bertz CT molecular complexity index is 796. The topological polar surface area (TPSA) is 42.4 Å². The number of aromatic nitrogens is 1. The number of hydrogen-bond acceptors (Lipinski definition) is 4. The highest BCUT2D eigenvalue weighted by molar-refractivity contribution is 7.17. The van der Waals surface area contributed by atoms with Crippen LogP contribution in [0.5, 0.6) is 0 Å². The van der Waals surface area contributed by atoms with E-state index >= 15 is 0 Å². The molecule has 1 amide bonds. The number of likely N-dealkylation sites (N-methyl/N-ethyl adjacent to an activating group) is 1. The summed E-state index contributed by atoms with van der Waals surface area (Å²) in [4.78, 5) is 19.6. The standard InChI is InChI=1S/C19H21F3N2O2S/c1-3-24(11-15-5-4-10-26-15)18(25)16-12(2)23-17(27-16)13-6-8-14(9-7-13)19(20,21)22/h6-9,15H,3-5,10-11H2,1-2H3. The van der Waals surface area contributed by atoms with Gasteiger partial charge in [0.2, 0.25) is 0 Å². The zero-order chi connectivity index (χ0) is 19.6. The Kier molecular flexibility index (Phi) is 5.86. The average molecular weight is 398 g/mol. The Balaban J connectivity index is 1.79. The lowest BCUT2D eigenvalue weighted by atomic mass is 10.1. The molecule has 1 aromatic carbocycles. The summed E-state index contributed by atoms with van der Waals surface area (Å²) in [7, 11) is 0. The highest BCUT2D eigenvalue weighted by Crippen LogP contribution is 2.33. The van der Waals surface area contributed by atoms with E-state index in [0.29, 0.717) is 34.2 Å². The van der Waals surface area contributed by atoms with Gasteiger partial charge < -0.3 is 9.64 Å². The predicted octanol–water partition coefficient (Wildman–Crippen LogP) is 4.78. The van der Waals surface area contributed by atoms with E-state index in [1.54, 1.807) is 11.8 Å². The summed E-state index contributed by atoms with van der Waals surface area (Å²) in [5.74, 6) is -0.110. The van der Waals surface area contributed by atoms with Crippen molar-refractivity contribution < 1.29 is 22.7 Å². The molecule has 3 rings (SSSR count). The van der Waals surface area contributed by atoms with Crippen LogP contribution in [0.15, 0.2) is 24.3 Å². The van der Waals surface area contributed by atoms with E-state index in [1.807, 2.05) is 6.92 Å². The van der Waals surface area contributed by atoms with Gasteiger partial charge in [0.1, 0.15) is 9.88 Å². The number of amides is 1. The zero-order valence-corrected chi connectivity index (χ0v) is 16.0. The highest BCUT2D eigenvalue weighted by Gasteiger charge is 2.30. The van der Waals surface area contributed by atoms with Crippen LogP contribution in [-0.4, -0.2) is 41.6 Å². The van der Waals surface area contributed by atoms with Crippen molar-refractivity contribution in [1.29, 1.82) is 0 Å². The highest BCUT2D eigenvalue weighted by atomic mass is 32.1. The smallest absolute Gasteiger partial charge is 0.376 e. The number of thiazole rings is 1. The van der Waals surface area contributed by atoms with Crippen LogP contribution < -0.4 is 0 Å². The van der Waals surface area contributed by atoms with E-state index in [0.717, 1.165) is 31.6 Å². The molecule has 1 aromatic heterocycles. The Morgan fingerprint density at radius 1 is 1.33 bits per heavy atom. The first-order chi connectivity index (χ1) is 12.8. The third-order valence-corrected chi connectivity index (χ3v) is 5.76. The molecular formula is C19H21F3N2O2S. The molecule has 8 heteroatoms. The molecule has 1 saturated heterocycles. The Hall–Kier alpha value is -1.93. The number of ether oxygens (including phenoxy) is 1. The maximum Gasteiger partial charge on any atom is 0.416 e. The van der Waals surface area contributed by atoms with Gasteiger partial charge >= 0.3 is 6.18 Å². The molecule has 0 spiro atoms. The van der Waals surface area contributed by atoms with Crippen molar-refractivity contribution in [3.05, 3.63) is 40.4 Å². The second-order valence-corrected chi connectivity index (χ2v) is 7.49. The molecule has 1 atom stereocenters. The summed E-state index contributed by atoms with van der Waals surface area (Å²) >= 11 is 1.21. The molecule has 0 saturated carbocycles. The second kappa shape index (κ2) is 7.98. The lowest BCUT2D eigenvalue weighted by molar-refractivity contribution is -0.137. The Morgan fingerprint density at radius 3 is 2.59 bits per heavy atom. The molecule has 0 radical (unpaired) electrons. The minimum Gasteiger partial charge on any atom is -0.376 e. The minimum absolute atomic E-state index is 0.0662. The number of nitrogens with zero attached hydrogens (tertiary/aromatic N) is 2. The summed E-state index contributed by atoms with van der Waals surface area (Å²) in [6, 6.07) is 4.84. The quantitative estimate of drug-likeness (QED) is 0.728. The SMILES string of the molecule is CCN(CC1CCCO1)C(=O)c1sc(-c2ccc(C(F)(F)F)cc2)nc1C. The molecule has 146 valence electrons. The van der Waals surface area contributed by atoms with Gasteiger partial charge in [-0.2, -0.15) is 13.2 Å². The van der Waals surface area contributed by atoms with E-state index in [1.165, 1.54) is 23.5 Å². The van der Waals surface area contributed by atoms with Crippen LogP contribution in [0.2, 0.25) is 0 Å². The van der Waals surface area contributed by atoms with E-state index in [4.69, 9.17) is 4.74 Å². The van der Waals surface area contributed by atoms with Crippen molar-refractivity contribution in [3.63, 3.8) is 0 Å². The summed E-state index contributed by atoms with van der Waals surface area (Å²) in [5, 5.41) is 0.540. The Morgan fingerprint density at radius 2 is 2.04 bits per heavy atom. The van der Waals surface area contributed by atoms with Gasteiger partial charge in [-0.25, -0.2) is 4.98 Å². The molecule has 1 aliphatic rings. The van der Waals surface area contributed by atoms with Gasteiger partial charge in [-0.3, -0.25) is 4.79 Å². The van der Waals surface area contributed by atoms with Crippen LogP contribution in [0.4, 0.5) is 13.2 Å². The number of rotatable bonds is 5. The van der Waals surface area contributed by atoms with Gasteiger partial charge in [0.05, 0.1) is 17.4 Å². The normalized spacial score (nSPS) is 17.3. The van der Waals surface area contributed by atoms with E-state index < -0.39 is 11.7 Å². The summed E-state index contributed by atoms with van der Waals surface area (Å²) in [5.41, 5.74) is 0.451. The van der Waals surface area contributed by atoms with Crippen molar-refractivity contribution in [2.45, 2.75) is 39.0 Å². The van der Waals surface area contributed by atoms with Crippen molar-refractivity contribution in [1.82, 2.24) is 9.88 Å². The number of halogens is 3. The van der Waals surface area contributed by atoms with E-state index in [9.17, 15) is 18.0 Å². The molecule has 2 heterocycles. The first-order valence-electron chi connectivity index (χ1n) is 8.85. The van der Waals surface area contributed by atoms with Crippen LogP contribution in [0.3, 0.4) is 0 Å². The molecule has 0 aliphatic carbocycles. The number of benzene rings is 1. The lowest BCUT2D eigenvalue weighted by Gasteiger charge is -2.23. The van der Waals surface area contributed by atoms with Gasteiger partial charge in [-0.1, -0.05) is 12.1 Å². The first-order valence-corrected chi connectivity index (χ1v) is 9.67. The third-order valence-electron chi connectivity index (χ3n) is 4.57. The molecule has 0 bridgehead atoms. The van der Waals surface area contributed by atoms with E-state index in [2.05, 4.69) is 4.98 Å². The minimum atomic E-state index is -4.37. The van der Waals surface area contributed by atoms with Crippen LogP contribution in [0.25, 0.3) is 10.6 Å². The molecule has 2 aromatic rings. The Labute approximate surface area is 160 Å². The molecular weight excluding hydrogens is 377 g/mol. The maximum absolute atomic E-state index is 12.9. The largest absolute Gasteiger partial charge is 0.416 e. The number of aryl methyl sites for hydroxylation is 1. The fraction of sp³-hybridized carbons (Fsp3) is 0.474. The van der Waals surface area contributed by atoms with Gasteiger partial charge in [-0.15, -0.1) is 11.3 Å².